The van der Waals surface area contributed by atoms with Crippen LogP contribution in [0, 0.1) is 13.8 Å². The number of rotatable bonds is 4. The molecule has 0 bridgehead atoms. The first-order chi connectivity index (χ1) is 9.52. The van der Waals surface area contributed by atoms with Crippen molar-refractivity contribution in [3.63, 3.8) is 0 Å². The first kappa shape index (κ1) is 15.4. The second kappa shape index (κ2) is 6.66. The third kappa shape index (κ3) is 3.37. The summed E-state index contributed by atoms with van der Waals surface area (Å²) in [6.07, 6.45) is 4.71. The van der Waals surface area contributed by atoms with Gasteiger partial charge in [-0.25, -0.2) is 0 Å². The maximum Gasteiger partial charge on any atom is 0.255 e. The van der Waals surface area contributed by atoms with Gasteiger partial charge in [0, 0.05) is 24.0 Å². The average Bonchev–Trinajstić information content (AvgIpc) is 2.64. The van der Waals surface area contributed by atoms with Crippen LogP contribution >= 0.6 is 11.8 Å². The number of hydrogen-bond acceptors (Lipinski definition) is 3. The molecule has 1 saturated carbocycles. The van der Waals surface area contributed by atoms with Crippen LogP contribution in [0.2, 0.25) is 0 Å². The molecule has 0 saturated heterocycles. The van der Waals surface area contributed by atoms with Crippen molar-refractivity contribution >= 4 is 17.7 Å². The summed E-state index contributed by atoms with van der Waals surface area (Å²) in [6, 6.07) is 0.319. The van der Waals surface area contributed by atoms with Gasteiger partial charge >= 0.3 is 0 Å². The van der Waals surface area contributed by atoms with Crippen molar-refractivity contribution in [2.75, 3.05) is 5.75 Å². The Kier molecular flexibility index (Phi) is 5.13. The van der Waals surface area contributed by atoms with Gasteiger partial charge in [0.25, 0.3) is 5.91 Å². The largest absolute Gasteiger partial charge is 0.349 e. The third-order valence-corrected chi connectivity index (χ3v) is 5.33. The van der Waals surface area contributed by atoms with Crippen LogP contribution in [0.5, 0.6) is 0 Å². The van der Waals surface area contributed by atoms with Crippen LogP contribution in [0.1, 0.15) is 54.4 Å². The molecule has 1 amide bonds. The number of hydrogen-bond donors (Lipinski definition) is 1. The van der Waals surface area contributed by atoms with Crippen LogP contribution < -0.4 is 5.32 Å². The minimum atomic E-state index is 0.0419. The van der Waals surface area contributed by atoms with Crippen molar-refractivity contribution in [2.45, 2.75) is 57.7 Å². The first-order valence-corrected chi connectivity index (χ1v) is 8.50. The Morgan fingerprint density at radius 1 is 1.45 bits per heavy atom. The Hall–Kier alpha value is -0.970. The molecule has 1 fully saturated rings. The molecule has 2 atom stereocenters. The van der Waals surface area contributed by atoms with Crippen LogP contribution in [-0.4, -0.2) is 32.7 Å². The molecule has 0 aromatic carbocycles. The monoisotopic (exact) mass is 295 g/mol. The zero-order valence-electron chi connectivity index (χ0n) is 12.9. The number of aromatic nitrogens is 2. The molecule has 0 radical (unpaired) electrons. The Morgan fingerprint density at radius 3 is 2.80 bits per heavy atom. The molecule has 0 aliphatic heterocycles. The second-order valence-electron chi connectivity index (χ2n) is 5.58. The van der Waals surface area contributed by atoms with Gasteiger partial charge in [0.2, 0.25) is 0 Å². The Balaban J connectivity index is 2.00. The quantitative estimate of drug-likeness (QED) is 0.929. The molecule has 1 aliphatic rings. The lowest BCUT2D eigenvalue weighted by molar-refractivity contribution is 0.0927. The van der Waals surface area contributed by atoms with Gasteiger partial charge in [-0.2, -0.15) is 16.9 Å². The van der Waals surface area contributed by atoms with E-state index in [1.807, 2.05) is 32.7 Å². The number of thioether (sulfide) groups is 1. The van der Waals surface area contributed by atoms with E-state index in [0.29, 0.717) is 11.3 Å². The van der Waals surface area contributed by atoms with Crippen molar-refractivity contribution in [1.29, 1.82) is 0 Å². The molecule has 2 unspecified atom stereocenters. The summed E-state index contributed by atoms with van der Waals surface area (Å²) in [5.41, 5.74) is 2.51. The maximum absolute atomic E-state index is 12.5. The van der Waals surface area contributed by atoms with Crippen molar-refractivity contribution < 1.29 is 4.79 Å². The SMILES string of the molecule is CCSC1CCCC(NC(=O)c2c(C)nn(C)c2C)C1. The highest BCUT2D eigenvalue weighted by atomic mass is 32.2. The van der Waals surface area contributed by atoms with Gasteiger partial charge in [-0.15, -0.1) is 0 Å². The highest BCUT2D eigenvalue weighted by Gasteiger charge is 2.25. The van der Waals surface area contributed by atoms with Gasteiger partial charge in [0.15, 0.2) is 0 Å². The van der Waals surface area contributed by atoms with Crippen molar-refractivity contribution in [3.8, 4) is 0 Å². The number of amides is 1. The van der Waals surface area contributed by atoms with E-state index in [-0.39, 0.29) is 5.91 Å². The van der Waals surface area contributed by atoms with E-state index in [9.17, 15) is 4.79 Å². The topological polar surface area (TPSA) is 46.9 Å². The Morgan fingerprint density at radius 2 is 2.20 bits per heavy atom. The summed E-state index contributed by atoms with van der Waals surface area (Å²) >= 11 is 2.02. The number of carbonyl (C=O) groups is 1. The lowest BCUT2D eigenvalue weighted by Crippen LogP contribution is -2.39. The molecule has 1 aromatic heterocycles. The van der Waals surface area contributed by atoms with Gasteiger partial charge < -0.3 is 5.32 Å². The van der Waals surface area contributed by atoms with Gasteiger partial charge in [-0.3, -0.25) is 9.48 Å². The Bertz CT molecular complexity index is 482. The highest BCUT2D eigenvalue weighted by Crippen LogP contribution is 2.28. The number of carbonyl (C=O) groups excluding carboxylic acids is 1. The van der Waals surface area contributed by atoms with Crippen molar-refractivity contribution in [3.05, 3.63) is 17.0 Å². The fraction of sp³-hybridized carbons (Fsp3) is 0.733. The average molecular weight is 295 g/mol. The van der Waals surface area contributed by atoms with E-state index in [1.165, 1.54) is 12.8 Å². The minimum absolute atomic E-state index is 0.0419. The molecule has 112 valence electrons. The zero-order chi connectivity index (χ0) is 14.7. The third-order valence-electron chi connectivity index (χ3n) is 4.10. The van der Waals surface area contributed by atoms with Crippen LogP contribution in [0.15, 0.2) is 0 Å². The second-order valence-corrected chi connectivity index (χ2v) is 7.16. The summed E-state index contributed by atoms with van der Waals surface area (Å²) in [6.45, 7) is 6.05. The van der Waals surface area contributed by atoms with E-state index >= 15 is 0 Å². The van der Waals surface area contributed by atoms with E-state index in [1.54, 1.807) is 4.68 Å². The molecule has 20 heavy (non-hydrogen) atoms. The van der Waals surface area contributed by atoms with E-state index in [0.717, 1.165) is 35.5 Å². The fourth-order valence-corrected chi connectivity index (χ4v) is 4.20. The van der Waals surface area contributed by atoms with Crippen LogP contribution in [0.3, 0.4) is 0 Å². The van der Waals surface area contributed by atoms with E-state index in [2.05, 4.69) is 17.3 Å². The lowest BCUT2D eigenvalue weighted by atomic mass is 9.94. The summed E-state index contributed by atoms with van der Waals surface area (Å²) in [7, 11) is 1.88. The maximum atomic E-state index is 12.5. The summed E-state index contributed by atoms with van der Waals surface area (Å²) in [5.74, 6) is 1.20. The summed E-state index contributed by atoms with van der Waals surface area (Å²) in [4.78, 5) is 12.5. The molecule has 1 heterocycles. The number of nitrogens with one attached hydrogen (secondary N) is 1. The van der Waals surface area contributed by atoms with Crippen LogP contribution in [0.4, 0.5) is 0 Å². The number of aryl methyl sites for hydroxylation is 2. The summed E-state index contributed by atoms with van der Waals surface area (Å²) < 4.78 is 1.78. The normalized spacial score (nSPS) is 22.8. The molecular weight excluding hydrogens is 270 g/mol. The minimum Gasteiger partial charge on any atom is -0.349 e. The Labute approximate surface area is 125 Å². The smallest absolute Gasteiger partial charge is 0.255 e. The first-order valence-electron chi connectivity index (χ1n) is 7.45. The van der Waals surface area contributed by atoms with Gasteiger partial charge in [0.1, 0.15) is 0 Å². The standard InChI is InChI=1S/C15H25N3OS/c1-5-20-13-8-6-7-12(9-13)16-15(19)14-10(2)17-18(4)11(14)3/h12-13H,5-9H2,1-4H3,(H,16,19). The lowest BCUT2D eigenvalue weighted by Gasteiger charge is -2.29. The van der Waals surface area contributed by atoms with Gasteiger partial charge in [-0.1, -0.05) is 13.3 Å². The van der Waals surface area contributed by atoms with E-state index in [4.69, 9.17) is 0 Å². The molecule has 0 spiro atoms. The fourth-order valence-electron chi connectivity index (χ4n) is 3.02. The zero-order valence-corrected chi connectivity index (χ0v) is 13.7. The highest BCUT2D eigenvalue weighted by molar-refractivity contribution is 7.99. The molecule has 1 N–H and O–H groups in total. The molecule has 2 rings (SSSR count). The molecule has 4 nitrogen and oxygen atoms in total. The molecular formula is C15H25N3OS. The predicted molar refractivity (Wildman–Crippen MR) is 84.3 cm³/mol. The molecule has 1 aliphatic carbocycles. The van der Waals surface area contributed by atoms with Crippen LogP contribution in [-0.2, 0) is 7.05 Å². The van der Waals surface area contributed by atoms with Crippen LogP contribution in [0.25, 0.3) is 0 Å². The van der Waals surface area contributed by atoms with E-state index < -0.39 is 0 Å². The predicted octanol–water partition coefficient (Wildman–Crippen LogP) is 2.83. The number of nitrogens with zero attached hydrogens (tertiary/aromatic N) is 2. The molecule has 1 aromatic rings. The van der Waals surface area contributed by atoms with Gasteiger partial charge in [-0.05, 0) is 38.9 Å². The van der Waals surface area contributed by atoms with Crippen molar-refractivity contribution in [1.82, 2.24) is 15.1 Å². The van der Waals surface area contributed by atoms with Gasteiger partial charge in [0.05, 0.1) is 11.3 Å². The summed E-state index contributed by atoms with van der Waals surface area (Å²) in [5, 5.41) is 8.24. The molecule has 5 heteroatoms. The van der Waals surface area contributed by atoms with Crippen molar-refractivity contribution in [2.24, 2.45) is 7.05 Å².